The Balaban J connectivity index is 2.26. The molecule has 8 heteroatoms. The summed E-state index contributed by atoms with van der Waals surface area (Å²) < 4.78 is 5.71. The zero-order valence-corrected chi connectivity index (χ0v) is 17.3. The van der Waals surface area contributed by atoms with Gasteiger partial charge in [-0.2, -0.15) is 0 Å². The first-order valence-electron chi connectivity index (χ1n) is 9.41. The number of carboxylic acids is 1. The van der Waals surface area contributed by atoms with Gasteiger partial charge in [-0.1, -0.05) is 55.8 Å². The molecular weight excluding hydrogens is 394 g/mol. The van der Waals surface area contributed by atoms with Gasteiger partial charge in [0.15, 0.2) is 0 Å². The maximum Gasteiger partial charge on any atom is 0.349 e. The highest BCUT2D eigenvalue weighted by atomic mass is 35.5. The van der Waals surface area contributed by atoms with E-state index in [4.69, 9.17) is 22.1 Å². The van der Waals surface area contributed by atoms with E-state index in [1.165, 1.54) is 12.1 Å². The molecule has 1 amide bonds. The molecule has 1 unspecified atom stereocenters. The standard InChI is InChI=1S/C21H26ClN3O4/c1-3-25(4-2)11-10-24-20(26)15-12-16(22)17(23)13-18(15)29-19(21(27)28)14-8-6-5-7-9-14/h5-9,12-13,19H,3-4,10-11,23H2,1-2H3,(H,24,26)(H,27,28). The lowest BCUT2D eigenvalue weighted by atomic mass is 10.1. The molecule has 2 rings (SSSR count). The summed E-state index contributed by atoms with van der Waals surface area (Å²) in [5, 5.41) is 12.6. The number of benzene rings is 2. The molecule has 29 heavy (non-hydrogen) atoms. The monoisotopic (exact) mass is 419 g/mol. The molecule has 7 nitrogen and oxygen atoms in total. The highest BCUT2D eigenvalue weighted by Crippen LogP contribution is 2.32. The first-order chi connectivity index (χ1) is 13.9. The minimum atomic E-state index is -1.29. The van der Waals surface area contributed by atoms with E-state index in [1.807, 2.05) is 13.8 Å². The minimum absolute atomic E-state index is 0.0588. The fourth-order valence-electron chi connectivity index (χ4n) is 2.82. The van der Waals surface area contributed by atoms with Gasteiger partial charge in [0.2, 0.25) is 6.10 Å². The zero-order valence-electron chi connectivity index (χ0n) is 16.5. The van der Waals surface area contributed by atoms with Gasteiger partial charge < -0.3 is 25.8 Å². The molecule has 0 bridgehead atoms. The molecular formula is C21H26ClN3O4. The van der Waals surface area contributed by atoms with Gasteiger partial charge >= 0.3 is 5.97 Å². The highest BCUT2D eigenvalue weighted by molar-refractivity contribution is 6.33. The number of halogens is 1. The van der Waals surface area contributed by atoms with Gasteiger partial charge in [0.1, 0.15) is 5.75 Å². The second-order valence-corrected chi connectivity index (χ2v) is 6.81. The van der Waals surface area contributed by atoms with Gasteiger partial charge in [-0.05, 0) is 19.2 Å². The van der Waals surface area contributed by atoms with Crippen molar-refractivity contribution in [2.24, 2.45) is 0 Å². The van der Waals surface area contributed by atoms with Crippen molar-refractivity contribution < 1.29 is 19.4 Å². The van der Waals surface area contributed by atoms with Crippen LogP contribution in [0.15, 0.2) is 42.5 Å². The van der Waals surface area contributed by atoms with Crippen LogP contribution >= 0.6 is 11.6 Å². The lowest BCUT2D eigenvalue weighted by Crippen LogP contribution is -2.35. The maximum absolute atomic E-state index is 12.7. The predicted molar refractivity (Wildman–Crippen MR) is 113 cm³/mol. The number of nitrogens with zero attached hydrogens (tertiary/aromatic N) is 1. The fraction of sp³-hybridized carbons (Fsp3) is 0.333. The Hall–Kier alpha value is -2.77. The summed E-state index contributed by atoms with van der Waals surface area (Å²) in [7, 11) is 0. The van der Waals surface area contributed by atoms with Gasteiger partial charge in [-0.15, -0.1) is 0 Å². The molecule has 0 radical (unpaired) electrons. The van der Waals surface area contributed by atoms with E-state index in [2.05, 4.69) is 10.2 Å². The van der Waals surface area contributed by atoms with E-state index in [0.29, 0.717) is 18.7 Å². The number of carbonyl (C=O) groups is 2. The SMILES string of the molecule is CCN(CC)CCNC(=O)c1cc(Cl)c(N)cc1OC(C(=O)O)c1ccccc1. The number of aliphatic carboxylic acids is 1. The fourth-order valence-corrected chi connectivity index (χ4v) is 2.99. The van der Waals surface area contributed by atoms with Crippen molar-refractivity contribution in [2.75, 3.05) is 31.9 Å². The summed E-state index contributed by atoms with van der Waals surface area (Å²) in [6.45, 7) is 6.99. The topological polar surface area (TPSA) is 105 Å². The van der Waals surface area contributed by atoms with Crippen molar-refractivity contribution in [2.45, 2.75) is 20.0 Å². The van der Waals surface area contributed by atoms with Crippen LogP contribution in [0.5, 0.6) is 5.75 Å². The molecule has 0 aliphatic carbocycles. The first kappa shape index (κ1) is 22.5. The summed E-state index contributed by atoms with van der Waals surface area (Å²) >= 11 is 6.09. The number of hydrogen-bond acceptors (Lipinski definition) is 5. The quantitative estimate of drug-likeness (QED) is 0.511. The summed E-state index contributed by atoms with van der Waals surface area (Å²) in [4.78, 5) is 26.7. The number of anilines is 1. The largest absolute Gasteiger partial charge is 0.478 e. The van der Waals surface area contributed by atoms with Crippen LogP contribution in [0.1, 0.15) is 35.9 Å². The molecule has 4 N–H and O–H groups in total. The number of ether oxygens (including phenoxy) is 1. The second-order valence-electron chi connectivity index (χ2n) is 6.40. The molecule has 0 saturated carbocycles. The molecule has 0 aliphatic rings. The number of carboxylic acid groups (broad SMARTS) is 1. The molecule has 156 valence electrons. The number of rotatable bonds is 10. The number of nitrogen functional groups attached to an aromatic ring is 1. The molecule has 2 aromatic rings. The zero-order chi connectivity index (χ0) is 21.4. The summed E-state index contributed by atoms with van der Waals surface area (Å²) in [6, 6.07) is 11.3. The third-order valence-corrected chi connectivity index (χ3v) is 4.85. The number of amides is 1. The average molecular weight is 420 g/mol. The maximum atomic E-state index is 12.7. The van der Waals surface area contributed by atoms with E-state index in [1.54, 1.807) is 30.3 Å². The van der Waals surface area contributed by atoms with E-state index >= 15 is 0 Å². The van der Waals surface area contributed by atoms with E-state index in [-0.39, 0.29) is 22.0 Å². The van der Waals surface area contributed by atoms with Gasteiger partial charge in [0, 0.05) is 24.7 Å². The van der Waals surface area contributed by atoms with Crippen LogP contribution in [0.2, 0.25) is 5.02 Å². The van der Waals surface area contributed by atoms with Gasteiger partial charge in [0.05, 0.1) is 16.3 Å². The van der Waals surface area contributed by atoms with Crippen molar-refractivity contribution in [3.63, 3.8) is 0 Å². The van der Waals surface area contributed by atoms with Crippen LogP contribution in [0.25, 0.3) is 0 Å². The van der Waals surface area contributed by atoms with Crippen LogP contribution in [0, 0.1) is 0 Å². The lowest BCUT2D eigenvalue weighted by Gasteiger charge is -2.20. The van der Waals surface area contributed by atoms with Gasteiger partial charge in [-0.3, -0.25) is 4.79 Å². The number of hydrogen-bond donors (Lipinski definition) is 3. The summed E-state index contributed by atoms with van der Waals surface area (Å²) in [6.07, 6.45) is -1.29. The Kier molecular flexibility index (Phi) is 8.30. The Morgan fingerprint density at radius 2 is 1.86 bits per heavy atom. The van der Waals surface area contributed by atoms with Crippen LogP contribution < -0.4 is 15.8 Å². The highest BCUT2D eigenvalue weighted by Gasteiger charge is 2.25. The van der Waals surface area contributed by atoms with Crippen LogP contribution in [0.4, 0.5) is 5.69 Å². The predicted octanol–water partition coefficient (Wildman–Crippen LogP) is 3.20. The Labute approximate surface area is 175 Å². The van der Waals surface area contributed by atoms with Gasteiger partial charge in [0.25, 0.3) is 5.91 Å². The van der Waals surface area contributed by atoms with E-state index < -0.39 is 18.0 Å². The lowest BCUT2D eigenvalue weighted by molar-refractivity contribution is -0.145. The molecule has 0 saturated heterocycles. The normalized spacial score (nSPS) is 11.9. The molecule has 0 spiro atoms. The smallest absolute Gasteiger partial charge is 0.349 e. The molecule has 0 fully saturated rings. The number of nitrogens with one attached hydrogen (secondary N) is 1. The number of nitrogens with two attached hydrogens (primary N) is 1. The third-order valence-electron chi connectivity index (χ3n) is 4.52. The Morgan fingerprint density at radius 3 is 2.45 bits per heavy atom. The summed E-state index contributed by atoms with van der Waals surface area (Å²) in [5.41, 5.74) is 6.63. The Bertz CT molecular complexity index is 841. The van der Waals surface area contributed by atoms with Crippen molar-refractivity contribution in [3.05, 3.63) is 58.6 Å². The number of carbonyl (C=O) groups excluding carboxylic acids is 1. The van der Waals surface area contributed by atoms with Crippen molar-refractivity contribution >= 4 is 29.2 Å². The van der Waals surface area contributed by atoms with Crippen LogP contribution in [0.3, 0.4) is 0 Å². The van der Waals surface area contributed by atoms with Crippen LogP contribution in [-0.2, 0) is 4.79 Å². The third kappa shape index (κ3) is 6.10. The molecule has 1 atom stereocenters. The van der Waals surface area contributed by atoms with Crippen molar-refractivity contribution in [1.82, 2.24) is 10.2 Å². The molecule has 0 aliphatic heterocycles. The first-order valence-corrected chi connectivity index (χ1v) is 9.79. The van der Waals surface area contributed by atoms with Crippen LogP contribution in [-0.4, -0.2) is 48.1 Å². The average Bonchev–Trinajstić information content (AvgIpc) is 2.71. The summed E-state index contributed by atoms with van der Waals surface area (Å²) in [5.74, 6) is -1.53. The van der Waals surface area contributed by atoms with Gasteiger partial charge in [-0.25, -0.2) is 4.79 Å². The number of likely N-dealkylation sites (N-methyl/N-ethyl adjacent to an activating group) is 1. The second kappa shape index (κ2) is 10.7. The van der Waals surface area contributed by atoms with E-state index in [9.17, 15) is 14.7 Å². The van der Waals surface area contributed by atoms with E-state index in [0.717, 1.165) is 13.1 Å². The molecule has 0 aromatic heterocycles. The Morgan fingerprint density at radius 1 is 1.21 bits per heavy atom. The minimum Gasteiger partial charge on any atom is -0.478 e. The van der Waals surface area contributed by atoms with Crippen molar-refractivity contribution in [3.8, 4) is 5.75 Å². The molecule has 2 aromatic carbocycles. The molecule has 0 heterocycles. The van der Waals surface area contributed by atoms with Crippen molar-refractivity contribution in [1.29, 1.82) is 0 Å².